The van der Waals surface area contributed by atoms with Crippen LogP contribution in [0.5, 0.6) is 17.2 Å². The van der Waals surface area contributed by atoms with E-state index in [1.165, 1.54) is 6.08 Å². The van der Waals surface area contributed by atoms with Gasteiger partial charge in [-0.2, -0.15) is 5.26 Å². The van der Waals surface area contributed by atoms with E-state index in [4.69, 9.17) is 10.4 Å². The molecule has 4 nitrogen and oxygen atoms in total. The molecular formula is C9H7NO3. The van der Waals surface area contributed by atoms with Gasteiger partial charge in [-0.3, -0.25) is 0 Å². The molecule has 0 unspecified atom stereocenters. The maximum atomic E-state index is 9.22. The second-order valence-corrected chi connectivity index (χ2v) is 2.36. The fraction of sp³-hybridized carbons (Fsp3) is 0. The fourth-order valence-corrected chi connectivity index (χ4v) is 0.900. The summed E-state index contributed by atoms with van der Waals surface area (Å²) >= 11 is 0. The average Bonchev–Trinajstić information content (AvgIpc) is 2.02. The molecule has 1 aromatic carbocycles. The summed E-state index contributed by atoms with van der Waals surface area (Å²) < 4.78 is 0. The van der Waals surface area contributed by atoms with Crippen molar-refractivity contribution in [1.29, 1.82) is 5.26 Å². The molecule has 1 rings (SSSR count). The molecule has 0 heterocycles. The van der Waals surface area contributed by atoms with Crippen LogP contribution in [0.4, 0.5) is 0 Å². The quantitative estimate of drug-likeness (QED) is 0.565. The molecule has 0 amide bonds. The van der Waals surface area contributed by atoms with Gasteiger partial charge in [-0.1, -0.05) is 0 Å². The normalized spacial score (nSPS) is 10.1. The van der Waals surface area contributed by atoms with Crippen molar-refractivity contribution in [3.8, 4) is 23.3 Å². The van der Waals surface area contributed by atoms with Gasteiger partial charge < -0.3 is 15.3 Å². The minimum atomic E-state index is -0.274. The van der Waals surface area contributed by atoms with Crippen LogP contribution in [0.1, 0.15) is 5.56 Å². The number of benzene rings is 1. The molecule has 66 valence electrons. The maximum Gasteiger partial charge on any atom is 0.130 e. The van der Waals surface area contributed by atoms with E-state index in [1.807, 2.05) is 0 Å². The molecule has 0 fully saturated rings. The molecule has 4 heteroatoms. The second kappa shape index (κ2) is 3.50. The summed E-state index contributed by atoms with van der Waals surface area (Å²) in [7, 11) is 0. The highest BCUT2D eigenvalue weighted by Crippen LogP contribution is 2.32. The Bertz CT molecular complexity index is 367. The highest BCUT2D eigenvalue weighted by molar-refractivity contribution is 5.66. The standard InChI is InChI=1S/C9H7NO3/c10-3-1-2-7-8(12)4-6(11)5-9(7)13/h1-2,4-5,11-13H. The monoisotopic (exact) mass is 177 g/mol. The zero-order chi connectivity index (χ0) is 9.84. The molecule has 0 radical (unpaired) electrons. The van der Waals surface area contributed by atoms with Gasteiger partial charge in [-0.25, -0.2) is 0 Å². The van der Waals surface area contributed by atoms with E-state index in [0.717, 1.165) is 18.2 Å². The number of rotatable bonds is 1. The predicted octanol–water partition coefficient (Wildman–Crippen LogP) is 1.34. The average molecular weight is 177 g/mol. The first-order chi connectivity index (χ1) is 6.15. The van der Waals surface area contributed by atoms with Crippen LogP contribution in [-0.2, 0) is 0 Å². The Kier molecular flexibility index (Phi) is 2.41. The zero-order valence-corrected chi connectivity index (χ0v) is 6.60. The summed E-state index contributed by atoms with van der Waals surface area (Å²) in [5.41, 5.74) is 0.111. The van der Waals surface area contributed by atoms with Crippen molar-refractivity contribution < 1.29 is 15.3 Å². The third-order valence-electron chi connectivity index (χ3n) is 1.45. The summed E-state index contributed by atoms with van der Waals surface area (Å²) in [6, 6.07) is 3.88. The van der Waals surface area contributed by atoms with Gasteiger partial charge in [0.1, 0.15) is 17.2 Å². The Labute approximate surface area is 74.6 Å². The van der Waals surface area contributed by atoms with Crippen molar-refractivity contribution in [3.05, 3.63) is 23.8 Å². The number of nitrogens with zero attached hydrogens (tertiary/aromatic N) is 1. The number of phenols is 3. The number of allylic oxidation sites excluding steroid dienone is 1. The van der Waals surface area contributed by atoms with Gasteiger partial charge in [0, 0.05) is 18.2 Å². The number of hydrogen-bond acceptors (Lipinski definition) is 4. The predicted molar refractivity (Wildman–Crippen MR) is 46.1 cm³/mol. The minimum absolute atomic E-state index is 0.111. The van der Waals surface area contributed by atoms with Crippen LogP contribution in [0.2, 0.25) is 0 Å². The van der Waals surface area contributed by atoms with Crippen LogP contribution < -0.4 is 0 Å². The summed E-state index contributed by atoms with van der Waals surface area (Å²) in [4.78, 5) is 0. The Balaban J connectivity index is 3.22. The van der Waals surface area contributed by atoms with Crippen LogP contribution in [0.15, 0.2) is 18.2 Å². The first-order valence-corrected chi connectivity index (χ1v) is 3.46. The molecule has 0 aromatic heterocycles. The lowest BCUT2D eigenvalue weighted by molar-refractivity contribution is 0.426. The maximum absolute atomic E-state index is 9.22. The van der Waals surface area contributed by atoms with Crippen molar-refractivity contribution in [3.63, 3.8) is 0 Å². The lowest BCUT2D eigenvalue weighted by Gasteiger charge is -2.02. The van der Waals surface area contributed by atoms with Gasteiger partial charge in [-0.05, 0) is 6.08 Å². The van der Waals surface area contributed by atoms with Crippen LogP contribution in [0.3, 0.4) is 0 Å². The summed E-state index contributed by atoms with van der Waals surface area (Å²) in [5.74, 6) is -0.780. The Morgan fingerprint density at radius 2 is 1.69 bits per heavy atom. The molecular weight excluding hydrogens is 170 g/mol. The first kappa shape index (κ1) is 8.94. The summed E-state index contributed by atoms with van der Waals surface area (Å²) in [5, 5.41) is 35.6. The molecule has 0 aliphatic heterocycles. The van der Waals surface area contributed by atoms with Gasteiger partial charge in [0.15, 0.2) is 0 Å². The Hall–Kier alpha value is -2.15. The van der Waals surface area contributed by atoms with Crippen LogP contribution >= 0.6 is 0 Å². The number of hydrogen-bond donors (Lipinski definition) is 3. The molecule has 0 aliphatic carbocycles. The van der Waals surface area contributed by atoms with Gasteiger partial charge in [0.05, 0.1) is 11.6 Å². The smallest absolute Gasteiger partial charge is 0.130 e. The molecule has 0 saturated carbocycles. The summed E-state index contributed by atoms with van der Waals surface area (Å²) in [6.45, 7) is 0. The molecule has 0 bridgehead atoms. The summed E-state index contributed by atoms with van der Waals surface area (Å²) in [6.07, 6.45) is 2.37. The van der Waals surface area contributed by atoms with E-state index in [1.54, 1.807) is 6.07 Å². The van der Waals surface area contributed by atoms with Gasteiger partial charge in [0.2, 0.25) is 0 Å². The zero-order valence-electron chi connectivity index (χ0n) is 6.60. The van der Waals surface area contributed by atoms with E-state index in [-0.39, 0.29) is 22.8 Å². The number of nitriles is 1. The van der Waals surface area contributed by atoms with Crippen molar-refractivity contribution >= 4 is 6.08 Å². The first-order valence-electron chi connectivity index (χ1n) is 3.46. The molecule has 3 N–H and O–H groups in total. The molecule has 0 aliphatic rings. The molecule has 0 saturated heterocycles. The SMILES string of the molecule is N#CC=Cc1c(O)cc(O)cc1O. The lowest BCUT2D eigenvalue weighted by atomic mass is 10.1. The molecule has 1 aromatic rings. The van der Waals surface area contributed by atoms with Gasteiger partial charge >= 0.3 is 0 Å². The molecule has 0 spiro atoms. The van der Waals surface area contributed by atoms with Gasteiger partial charge in [0.25, 0.3) is 0 Å². The van der Waals surface area contributed by atoms with E-state index in [9.17, 15) is 10.2 Å². The van der Waals surface area contributed by atoms with Crippen LogP contribution in [0.25, 0.3) is 6.08 Å². The fourth-order valence-electron chi connectivity index (χ4n) is 0.900. The highest BCUT2D eigenvalue weighted by atomic mass is 16.3. The van der Waals surface area contributed by atoms with Crippen molar-refractivity contribution in [1.82, 2.24) is 0 Å². The van der Waals surface area contributed by atoms with Crippen LogP contribution in [0, 0.1) is 11.3 Å². The van der Waals surface area contributed by atoms with Crippen molar-refractivity contribution in [2.24, 2.45) is 0 Å². The molecule has 13 heavy (non-hydrogen) atoms. The lowest BCUT2D eigenvalue weighted by Crippen LogP contribution is -1.76. The van der Waals surface area contributed by atoms with Crippen molar-refractivity contribution in [2.75, 3.05) is 0 Å². The number of aromatic hydroxyl groups is 3. The second-order valence-electron chi connectivity index (χ2n) is 2.36. The van der Waals surface area contributed by atoms with Gasteiger partial charge in [-0.15, -0.1) is 0 Å². The Morgan fingerprint density at radius 3 is 2.15 bits per heavy atom. The third kappa shape index (κ3) is 1.91. The van der Waals surface area contributed by atoms with E-state index in [0.29, 0.717) is 0 Å². The topological polar surface area (TPSA) is 84.5 Å². The highest BCUT2D eigenvalue weighted by Gasteiger charge is 2.05. The minimum Gasteiger partial charge on any atom is -0.508 e. The van der Waals surface area contributed by atoms with E-state index in [2.05, 4.69) is 0 Å². The van der Waals surface area contributed by atoms with Crippen LogP contribution in [-0.4, -0.2) is 15.3 Å². The van der Waals surface area contributed by atoms with E-state index < -0.39 is 0 Å². The van der Waals surface area contributed by atoms with E-state index >= 15 is 0 Å². The largest absolute Gasteiger partial charge is 0.508 e. The third-order valence-corrected chi connectivity index (χ3v) is 1.45. The number of phenolic OH excluding ortho intramolecular Hbond substituents is 3. The Morgan fingerprint density at radius 1 is 1.15 bits per heavy atom. The van der Waals surface area contributed by atoms with Crippen molar-refractivity contribution in [2.45, 2.75) is 0 Å². The molecule has 0 atom stereocenters.